The number of amides is 1. The maximum Gasteiger partial charge on any atom is 0.294 e. The molecule has 0 spiro atoms. The zero-order valence-corrected chi connectivity index (χ0v) is 19.0. The van der Waals surface area contributed by atoms with E-state index in [1.165, 1.54) is 22.8 Å². The van der Waals surface area contributed by atoms with Crippen molar-refractivity contribution in [3.63, 3.8) is 0 Å². The maximum atomic E-state index is 13.2. The van der Waals surface area contributed by atoms with Crippen LogP contribution in [0, 0.1) is 0 Å². The SMILES string of the molecule is COc1cccc(-c2c(C(=O)NN=C(C)c3cccc(-n4cnnn4)c3)nnn2-c2nonc2N)c1. The Kier molecular flexibility index (Phi) is 5.84. The van der Waals surface area contributed by atoms with Crippen molar-refractivity contribution in [2.45, 2.75) is 6.92 Å². The van der Waals surface area contributed by atoms with Crippen LogP contribution < -0.4 is 15.9 Å². The second-order valence-corrected chi connectivity index (χ2v) is 7.35. The number of nitrogen functional groups attached to an aromatic ring is 1. The Bertz CT molecular complexity index is 1550. The standard InChI is InChI=1S/C21H18N12O3/c1-12(13-5-3-7-15(9-13)32-11-23-29-31-32)24-26-21(34)17-18(14-6-4-8-16(10-14)35-2)33(30-25-17)20-19(22)27-36-28-20/h3-11H,1-2H3,(H2,22,27)(H,26,34). The molecule has 1 amide bonds. The molecule has 0 fully saturated rings. The molecule has 2 aromatic carbocycles. The first kappa shape index (κ1) is 22.3. The number of hydrogen-bond donors (Lipinski definition) is 2. The Morgan fingerprint density at radius 2 is 2.00 bits per heavy atom. The molecule has 0 aliphatic carbocycles. The lowest BCUT2D eigenvalue weighted by Crippen LogP contribution is -2.21. The molecule has 0 saturated heterocycles. The van der Waals surface area contributed by atoms with Crippen LogP contribution in [0.1, 0.15) is 23.0 Å². The van der Waals surface area contributed by atoms with E-state index in [1.54, 1.807) is 31.2 Å². The van der Waals surface area contributed by atoms with Gasteiger partial charge in [0.25, 0.3) is 5.91 Å². The molecular weight excluding hydrogens is 468 g/mol. The second kappa shape index (κ2) is 9.41. The molecule has 0 aliphatic heterocycles. The van der Waals surface area contributed by atoms with Gasteiger partial charge in [0, 0.05) is 5.56 Å². The number of methoxy groups -OCH3 is 1. The number of benzene rings is 2. The Labute approximate surface area is 202 Å². The van der Waals surface area contributed by atoms with Crippen LogP contribution in [0.3, 0.4) is 0 Å². The molecule has 5 aromatic rings. The molecule has 0 atom stereocenters. The van der Waals surface area contributed by atoms with Gasteiger partial charge in [0.05, 0.1) is 18.5 Å². The molecule has 0 saturated carbocycles. The molecule has 15 nitrogen and oxygen atoms in total. The van der Waals surface area contributed by atoms with Crippen molar-refractivity contribution in [1.29, 1.82) is 0 Å². The van der Waals surface area contributed by atoms with Gasteiger partial charge < -0.3 is 10.5 Å². The Hall–Kier alpha value is -5.47. The zero-order valence-electron chi connectivity index (χ0n) is 19.0. The van der Waals surface area contributed by atoms with E-state index in [0.717, 1.165) is 11.3 Å². The fraction of sp³-hybridized carbons (Fsp3) is 0.0952. The summed E-state index contributed by atoms with van der Waals surface area (Å²) in [5.41, 5.74) is 11.3. The van der Waals surface area contributed by atoms with Crippen LogP contribution in [0.25, 0.3) is 22.8 Å². The minimum Gasteiger partial charge on any atom is -0.497 e. The highest BCUT2D eigenvalue weighted by atomic mass is 16.6. The molecule has 0 unspecified atom stereocenters. The molecule has 180 valence electrons. The van der Waals surface area contributed by atoms with Crippen molar-refractivity contribution in [2.75, 3.05) is 12.8 Å². The molecular formula is C21H18N12O3. The summed E-state index contributed by atoms with van der Waals surface area (Å²) < 4.78 is 12.8. The third-order valence-corrected chi connectivity index (χ3v) is 5.13. The number of hydrazone groups is 1. The van der Waals surface area contributed by atoms with Gasteiger partial charge in [0.15, 0.2) is 5.69 Å². The second-order valence-electron chi connectivity index (χ2n) is 7.35. The summed E-state index contributed by atoms with van der Waals surface area (Å²) in [4.78, 5) is 13.2. The minimum atomic E-state index is -0.606. The van der Waals surface area contributed by atoms with Gasteiger partial charge in [-0.2, -0.15) is 9.78 Å². The van der Waals surface area contributed by atoms with Gasteiger partial charge >= 0.3 is 0 Å². The van der Waals surface area contributed by atoms with Gasteiger partial charge in [-0.1, -0.05) is 29.5 Å². The molecule has 36 heavy (non-hydrogen) atoms. The highest BCUT2D eigenvalue weighted by molar-refractivity contribution is 6.02. The lowest BCUT2D eigenvalue weighted by molar-refractivity contribution is 0.0950. The molecule has 0 bridgehead atoms. The number of ether oxygens (including phenoxy) is 1. The number of nitrogens with one attached hydrogen (secondary N) is 1. The van der Waals surface area contributed by atoms with Crippen LogP contribution in [0.4, 0.5) is 5.82 Å². The highest BCUT2D eigenvalue weighted by Crippen LogP contribution is 2.29. The number of anilines is 1. The number of carbonyl (C=O) groups excluding carboxylic acids is 1. The first-order valence-electron chi connectivity index (χ1n) is 10.4. The number of tetrazole rings is 1. The number of aromatic nitrogens is 9. The molecule has 0 radical (unpaired) electrons. The average Bonchev–Trinajstić information content (AvgIpc) is 3.68. The molecule has 0 aliphatic rings. The largest absolute Gasteiger partial charge is 0.497 e. The van der Waals surface area contributed by atoms with Crippen LogP contribution in [0.15, 0.2) is 64.6 Å². The number of carbonyl (C=O) groups is 1. The topological polar surface area (TPSA) is 190 Å². The van der Waals surface area contributed by atoms with Gasteiger partial charge in [-0.05, 0) is 57.5 Å². The lowest BCUT2D eigenvalue weighted by atomic mass is 10.1. The van der Waals surface area contributed by atoms with Crippen LogP contribution >= 0.6 is 0 Å². The van der Waals surface area contributed by atoms with Gasteiger partial charge in [-0.25, -0.2) is 14.7 Å². The third-order valence-electron chi connectivity index (χ3n) is 5.13. The van der Waals surface area contributed by atoms with Gasteiger partial charge in [-0.3, -0.25) is 4.79 Å². The minimum absolute atomic E-state index is 0.0210. The van der Waals surface area contributed by atoms with E-state index in [-0.39, 0.29) is 17.3 Å². The summed E-state index contributed by atoms with van der Waals surface area (Å²) in [5.74, 6) is 0.0186. The summed E-state index contributed by atoms with van der Waals surface area (Å²) in [6.07, 6.45) is 1.48. The Balaban J connectivity index is 1.48. The first-order valence-corrected chi connectivity index (χ1v) is 10.4. The van der Waals surface area contributed by atoms with E-state index in [0.29, 0.717) is 22.7 Å². The van der Waals surface area contributed by atoms with Crippen LogP contribution in [0.2, 0.25) is 0 Å². The van der Waals surface area contributed by atoms with Crippen molar-refractivity contribution in [3.05, 3.63) is 66.1 Å². The molecule has 5 rings (SSSR count). The quantitative estimate of drug-likeness (QED) is 0.247. The maximum absolute atomic E-state index is 13.2. The van der Waals surface area contributed by atoms with Gasteiger partial charge in [0.2, 0.25) is 11.6 Å². The van der Waals surface area contributed by atoms with Crippen molar-refractivity contribution >= 4 is 17.4 Å². The smallest absolute Gasteiger partial charge is 0.294 e. The summed E-state index contributed by atoms with van der Waals surface area (Å²) in [6.45, 7) is 1.75. The average molecular weight is 486 g/mol. The van der Waals surface area contributed by atoms with E-state index in [4.69, 9.17) is 15.1 Å². The van der Waals surface area contributed by atoms with Gasteiger partial charge in [0.1, 0.15) is 17.8 Å². The summed E-state index contributed by atoms with van der Waals surface area (Å²) in [5, 5.41) is 30.8. The number of nitrogens with two attached hydrogens (primary N) is 1. The molecule has 15 heteroatoms. The monoisotopic (exact) mass is 486 g/mol. The third kappa shape index (κ3) is 4.23. The number of nitrogens with zero attached hydrogens (tertiary/aromatic N) is 10. The summed E-state index contributed by atoms with van der Waals surface area (Å²) in [6, 6.07) is 14.4. The fourth-order valence-electron chi connectivity index (χ4n) is 3.36. The zero-order chi connectivity index (χ0) is 25.1. The predicted octanol–water partition coefficient (Wildman–Crippen LogP) is 1.04. The van der Waals surface area contributed by atoms with Gasteiger partial charge in [-0.15, -0.1) is 10.2 Å². The molecule has 3 heterocycles. The van der Waals surface area contributed by atoms with Crippen LogP contribution in [-0.2, 0) is 0 Å². The van der Waals surface area contributed by atoms with E-state index in [1.807, 2.05) is 24.3 Å². The van der Waals surface area contributed by atoms with Crippen LogP contribution in [0.5, 0.6) is 5.75 Å². The summed E-state index contributed by atoms with van der Waals surface area (Å²) >= 11 is 0. The Morgan fingerprint density at radius 1 is 1.14 bits per heavy atom. The summed E-state index contributed by atoms with van der Waals surface area (Å²) in [7, 11) is 1.54. The highest BCUT2D eigenvalue weighted by Gasteiger charge is 2.25. The first-order chi connectivity index (χ1) is 17.5. The van der Waals surface area contributed by atoms with Crippen molar-refractivity contribution in [3.8, 4) is 28.5 Å². The molecule has 3 aromatic heterocycles. The Morgan fingerprint density at radius 3 is 2.75 bits per heavy atom. The number of hydrogen-bond acceptors (Lipinski definition) is 12. The van der Waals surface area contributed by atoms with E-state index in [2.05, 4.69) is 46.7 Å². The van der Waals surface area contributed by atoms with Crippen molar-refractivity contribution in [2.24, 2.45) is 5.10 Å². The van der Waals surface area contributed by atoms with E-state index in [9.17, 15) is 4.79 Å². The molecule has 3 N–H and O–H groups in total. The predicted molar refractivity (Wildman–Crippen MR) is 124 cm³/mol. The van der Waals surface area contributed by atoms with Crippen molar-refractivity contribution < 1.29 is 14.2 Å². The normalized spacial score (nSPS) is 11.4. The fourth-order valence-corrected chi connectivity index (χ4v) is 3.36. The lowest BCUT2D eigenvalue weighted by Gasteiger charge is -2.08. The number of rotatable bonds is 7. The van der Waals surface area contributed by atoms with Crippen molar-refractivity contribution in [1.82, 2.24) is 50.9 Å². The van der Waals surface area contributed by atoms with E-state index >= 15 is 0 Å². The van der Waals surface area contributed by atoms with Crippen LogP contribution in [-0.4, -0.2) is 64.2 Å². The van der Waals surface area contributed by atoms with E-state index < -0.39 is 5.91 Å².